The lowest BCUT2D eigenvalue weighted by atomic mass is 9.72. The molecule has 0 saturated heterocycles. The van der Waals surface area contributed by atoms with Gasteiger partial charge in [0.15, 0.2) is 0 Å². The smallest absolute Gasteiger partial charge is 0.407 e. The first-order valence-electron chi connectivity index (χ1n) is 9.90. The average Bonchev–Trinajstić information content (AvgIpc) is 3.36. The number of likely N-dealkylation sites (N-methyl/N-ethyl adjacent to an activating group) is 1. The Kier molecular flexibility index (Phi) is 5.80. The summed E-state index contributed by atoms with van der Waals surface area (Å²) in [5.41, 5.74) is 1.94. The Morgan fingerprint density at radius 3 is 2.25 bits per heavy atom. The predicted octanol–water partition coefficient (Wildman–Crippen LogP) is 5.19. The second-order valence-corrected chi connectivity index (χ2v) is 8.97. The third-order valence-electron chi connectivity index (χ3n) is 5.89. The molecule has 3 atom stereocenters. The molecule has 1 saturated carbocycles. The molecule has 1 aliphatic rings. The van der Waals surface area contributed by atoms with Gasteiger partial charge < -0.3 is 14.7 Å². The zero-order valence-corrected chi connectivity index (χ0v) is 17.3. The minimum absolute atomic E-state index is 0.134. The van der Waals surface area contributed by atoms with Crippen LogP contribution in [0.3, 0.4) is 0 Å². The number of rotatable bonds is 7. The van der Waals surface area contributed by atoms with Crippen LogP contribution in [0.2, 0.25) is 0 Å². The number of carboxylic acid groups (broad SMARTS) is 1. The monoisotopic (exact) mass is 381 g/mol. The third kappa shape index (κ3) is 4.07. The van der Waals surface area contributed by atoms with Crippen LogP contribution >= 0.6 is 0 Å². The Hall–Kier alpha value is -2.33. The normalized spacial score (nSPS) is 22.5. The lowest BCUT2D eigenvalue weighted by Gasteiger charge is -2.43. The summed E-state index contributed by atoms with van der Waals surface area (Å²) in [6, 6.07) is 20.4. The molecule has 0 bridgehead atoms. The molecule has 0 aliphatic heterocycles. The van der Waals surface area contributed by atoms with E-state index < -0.39 is 6.09 Å². The highest BCUT2D eigenvalue weighted by Crippen LogP contribution is 2.61. The average molecular weight is 382 g/mol. The van der Waals surface area contributed by atoms with Crippen molar-refractivity contribution in [2.75, 3.05) is 13.7 Å². The van der Waals surface area contributed by atoms with Gasteiger partial charge >= 0.3 is 6.09 Å². The van der Waals surface area contributed by atoms with Crippen LogP contribution in [0.5, 0.6) is 0 Å². The van der Waals surface area contributed by atoms with E-state index in [2.05, 4.69) is 45.0 Å². The molecule has 0 heterocycles. The van der Waals surface area contributed by atoms with Crippen LogP contribution in [0.25, 0.3) is 0 Å². The standard InChI is InChI=1S/C24H31NO3/c1-23(2,3)21(25(4)22(26)27)24(19-13-9-6-10-14-19)15-20(24)17-28-16-18-11-7-5-8-12-18/h5-14,20-21H,15-17H2,1-4H3,(H,26,27)/t20-,21?,24-/m0/s1. The van der Waals surface area contributed by atoms with Crippen molar-refractivity contribution in [1.82, 2.24) is 4.90 Å². The first kappa shape index (κ1) is 20.4. The zero-order valence-electron chi connectivity index (χ0n) is 17.3. The zero-order chi connectivity index (χ0) is 20.4. The number of amides is 1. The molecule has 1 N–H and O–H groups in total. The van der Waals surface area contributed by atoms with E-state index in [9.17, 15) is 9.90 Å². The van der Waals surface area contributed by atoms with Crippen LogP contribution in [0, 0.1) is 11.3 Å². The van der Waals surface area contributed by atoms with Crippen molar-refractivity contribution in [2.45, 2.75) is 45.3 Å². The summed E-state index contributed by atoms with van der Waals surface area (Å²) in [5, 5.41) is 9.76. The molecule has 1 fully saturated rings. The van der Waals surface area contributed by atoms with E-state index >= 15 is 0 Å². The Balaban J connectivity index is 1.85. The van der Waals surface area contributed by atoms with Gasteiger partial charge in [0.05, 0.1) is 13.2 Å². The molecule has 1 aliphatic carbocycles. The number of hydrogen-bond acceptors (Lipinski definition) is 2. The quantitative estimate of drug-likeness (QED) is 0.718. The van der Waals surface area contributed by atoms with E-state index in [1.165, 1.54) is 10.5 Å². The summed E-state index contributed by atoms with van der Waals surface area (Å²) in [6.07, 6.45) is 0.0526. The van der Waals surface area contributed by atoms with Crippen LogP contribution in [0.1, 0.15) is 38.3 Å². The van der Waals surface area contributed by atoms with Crippen molar-refractivity contribution in [3.05, 3.63) is 71.8 Å². The molecule has 0 spiro atoms. The summed E-state index contributed by atoms with van der Waals surface area (Å²) < 4.78 is 6.06. The Bertz CT molecular complexity index is 785. The van der Waals surface area contributed by atoms with Gasteiger partial charge in [-0.25, -0.2) is 4.79 Å². The number of ether oxygens (including phenoxy) is 1. The van der Waals surface area contributed by atoms with Crippen molar-refractivity contribution in [2.24, 2.45) is 11.3 Å². The molecule has 1 unspecified atom stereocenters. The van der Waals surface area contributed by atoms with E-state index in [0.717, 1.165) is 12.0 Å². The summed E-state index contributed by atoms with van der Waals surface area (Å²) >= 11 is 0. The van der Waals surface area contributed by atoms with E-state index in [1.54, 1.807) is 7.05 Å². The number of benzene rings is 2. The maximum Gasteiger partial charge on any atom is 0.407 e. The van der Waals surface area contributed by atoms with Crippen molar-refractivity contribution in [3.63, 3.8) is 0 Å². The molecule has 4 heteroatoms. The van der Waals surface area contributed by atoms with Crippen molar-refractivity contribution in [3.8, 4) is 0 Å². The van der Waals surface area contributed by atoms with E-state index in [4.69, 9.17) is 4.74 Å². The highest BCUT2D eigenvalue weighted by Gasteiger charge is 2.64. The summed E-state index contributed by atoms with van der Waals surface area (Å²) in [7, 11) is 1.70. The van der Waals surface area contributed by atoms with Gasteiger partial charge in [-0.3, -0.25) is 0 Å². The predicted molar refractivity (Wildman–Crippen MR) is 111 cm³/mol. The molecular weight excluding hydrogens is 350 g/mol. The second kappa shape index (κ2) is 7.96. The van der Waals surface area contributed by atoms with Gasteiger partial charge in [-0.05, 0) is 28.9 Å². The number of carbonyl (C=O) groups is 1. The van der Waals surface area contributed by atoms with Gasteiger partial charge in [0.1, 0.15) is 0 Å². The largest absolute Gasteiger partial charge is 0.465 e. The number of nitrogens with zero attached hydrogens (tertiary/aromatic N) is 1. The fourth-order valence-corrected chi connectivity index (χ4v) is 4.85. The summed E-state index contributed by atoms with van der Waals surface area (Å²) in [6.45, 7) is 7.59. The van der Waals surface area contributed by atoms with Crippen LogP contribution in [0.4, 0.5) is 4.79 Å². The summed E-state index contributed by atoms with van der Waals surface area (Å²) in [5.74, 6) is 0.296. The van der Waals surface area contributed by atoms with Gasteiger partial charge in [0.2, 0.25) is 0 Å². The van der Waals surface area contributed by atoms with Crippen molar-refractivity contribution < 1.29 is 14.6 Å². The van der Waals surface area contributed by atoms with Crippen LogP contribution in [-0.2, 0) is 16.8 Å². The third-order valence-corrected chi connectivity index (χ3v) is 5.89. The fraction of sp³-hybridized carbons (Fsp3) is 0.458. The van der Waals surface area contributed by atoms with Crippen LogP contribution < -0.4 is 0 Å². The molecule has 2 aromatic rings. The van der Waals surface area contributed by atoms with E-state index in [0.29, 0.717) is 19.1 Å². The molecule has 1 amide bonds. The SMILES string of the molecule is CN(C(=O)O)C(C(C)(C)C)[C@]1(c2ccccc2)C[C@H]1COCc1ccccc1. The highest BCUT2D eigenvalue weighted by molar-refractivity contribution is 5.66. The molecule has 0 aromatic heterocycles. The lowest BCUT2D eigenvalue weighted by Crippen LogP contribution is -2.52. The topological polar surface area (TPSA) is 49.8 Å². The first-order chi connectivity index (χ1) is 13.3. The maximum atomic E-state index is 11.9. The summed E-state index contributed by atoms with van der Waals surface area (Å²) in [4.78, 5) is 13.4. The van der Waals surface area contributed by atoms with Gasteiger partial charge in [-0.1, -0.05) is 81.4 Å². The van der Waals surface area contributed by atoms with Crippen molar-refractivity contribution >= 4 is 6.09 Å². The minimum atomic E-state index is -0.883. The molecule has 28 heavy (non-hydrogen) atoms. The van der Waals surface area contributed by atoms with Crippen LogP contribution in [0.15, 0.2) is 60.7 Å². The first-order valence-corrected chi connectivity index (χ1v) is 9.90. The van der Waals surface area contributed by atoms with Crippen LogP contribution in [-0.4, -0.2) is 35.8 Å². The number of hydrogen-bond donors (Lipinski definition) is 1. The Morgan fingerprint density at radius 2 is 1.71 bits per heavy atom. The lowest BCUT2D eigenvalue weighted by molar-refractivity contribution is 0.0591. The van der Waals surface area contributed by atoms with E-state index in [-0.39, 0.29) is 16.9 Å². The molecule has 150 valence electrons. The van der Waals surface area contributed by atoms with Crippen molar-refractivity contribution in [1.29, 1.82) is 0 Å². The molecule has 3 rings (SSSR count). The fourth-order valence-electron chi connectivity index (χ4n) is 4.85. The Morgan fingerprint density at radius 1 is 1.14 bits per heavy atom. The second-order valence-electron chi connectivity index (χ2n) is 8.97. The van der Waals surface area contributed by atoms with E-state index in [1.807, 2.05) is 36.4 Å². The van der Waals surface area contributed by atoms with Gasteiger partial charge in [-0.15, -0.1) is 0 Å². The highest BCUT2D eigenvalue weighted by atomic mass is 16.5. The molecule has 4 nitrogen and oxygen atoms in total. The Labute approximate surface area is 168 Å². The maximum absolute atomic E-state index is 11.9. The molecule has 2 aromatic carbocycles. The van der Waals surface area contributed by atoms with Gasteiger partial charge in [0, 0.05) is 18.5 Å². The molecular formula is C24H31NO3. The van der Waals surface area contributed by atoms with Gasteiger partial charge in [0.25, 0.3) is 0 Å². The molecule has 0 radical (unpaired) electrons. The minimum Gasteiger partial charge on any atom is -0.465 e. The van der Waals surface area contributed by atoms with Gasteiger partial charge in [-0.2, -0.15) is 0 Å².